The summed E-state index contributed by atoms with van der Waals surface area (Å²) in [5.41, 5.74) is 5.89. The van der Waals surface area contributed by atoms with Gasteiger partial charge in [0, 0.05) is 16.8 Å². The Morgan fingerprint density at radius 2 is 2.39 bits per heavy atom. The molecular formula is C14H22N2OS. The van der Waals surface area contributed by atoms with Crippen molar-refractivity contribution in [1.29, 1.82) is 0 Å². The minimum atomic E-state index is -0.226. The molecule has 3 N–H and O–H groups in total. The summed E-state index contributed by atoms with van der Waals surface area (Å²) in [5, 5.41) is 5.19. The van der Waals surface area contributed by atoms with Gasteiger partial charge in [-0.2, -0.15) is 0 Å². The molecule has 1 aromatic heterocycles. The lowest BCUT2D eigenvalue weighted by molar-refractivity contribution is -0.123. The van der Waals surface area contributed by atoms with Crippen LogP contribution in [-0.4, -0.2) is 11.4 Å². The Labute approximate surface area is 113 Å². The smallest absolute Gasteiger partial charge is 0.222 e. The maximum Gasteiger partial charge on any atom is 0.222 e. The minimum absolute atomic E-state index is 0.101. The molecule has 1 fully saturated rings. The van der Waals surface area contributed by atoms with Gasteiger partial charge in [0.25, 0.3) is 0 Å². The molecule has 1 heterocycles. The second-order valence-corrected chi connectivity index (χ2v) is 6.30. The quantitative estimate of drug-likeness (QED) is 0.831. The summed E-state index contributed by atoms with van der Waals surface area (Å²) >= 11 is 1.70. The molecule has 1 unspecified atom stereocenters. The van der Waals surface area contributed by atoms with Gasteiger partial charge in [-0.05, 0) is 37.1 Å². The van der Waals surface area contributed by atoms with E-state index in [1.165, 1.54) is 4.88 Å². The molecule has 0 spiro atoms. The highest BCUT2D eigenvalue weighted by atomic mass is 32.1. The Kier molecular flexibility index (Phi) is 4.40. The van der Waals surface area contributed by atoms with E-state index in [2.05, 4.69) is 23.7 Å². The Morgan fingerprint density at radius 1 is 1.61 bits per heavy atom. The van der Waals surface area contributed by atoms with Gasteiger partial charge in [0.05, 0.1) is 6.04 Å². The zero-order valence-electron chi connectivity index (χ0n) is 10.9. The van der Waals surface area contributed by atoms with Gasteiger partial charge >= 0.3 is 0 Å². The molecule has 2 rings (SSSR count). The molecule has 100 valence electrons. The van der Waals surface area contributed by atoms with Crippen LogP contribution < -0.4 is 11.1 Å². The van der Waals surface area contributed by atoms with Gasteiger partial charge in [-0.25, -0.2) is 0 Å². The van der Waals surface area contributed by atoms with Gasteiger partial charge in [0.15, 0.2) is 0 Å². The number of hydrogen-bond acceptors (Lipinski definition) is 3. The van der Waals surface area contributed by atoms with Gasteiger partial charge in [-0.15, -0.1) is 11.3 Å². The van der Waals surface area contributed by atoms with E-state index in [9.17, 15) is 4.79 Å². The third kappa shape index (κ3) is 3.33. The number of hydrogen-bond donors (Lipinski definition) is 2. The molecule has 4 heteroatoms. The van der Waals surface area contributed by atoms with Crippen molar-refractivity contribution in [3.63, 3.8) is 0 Å². The molecule has 0 bridgehead atoms. The summed E-state index contributed by atoms with van der Waals surface area (Å²) in [6, 6.07) is 4.28. The van der Waals surface area contributed by atoms with Crippen molar-refractivity contribution in [2.45, 2.75) is 57.0 Å². The van der Waals surface area contributed by atoms with Crippen LogP contribution in [0.15, 0.2) is 17.5 Å². The summed E-state index contributed by atoms with van der Waals surface area (Å²) in [6.07, 6.45) is 5.65. The predicted molar refractivity (Wildman–Crippen MR) is 75.5 cm³/mol. The maximum atomic E-state index is 12.0. The highest BCUT2D eigenvalue weighted by molar-refractivity contribution is 7.10. The second-order valence-electron chi connectivity index (χ2n) is 5.32. The van der Waals surface area contributed by atoms with Gasteiger partial charge in [0.2, 0.25) is 5.91 Å². The number of amides is 1. The normalized spacial score (nSPS) is 19.0. The van der Waals surface area contributed by atoms with E-state index >= 15 is 0 Å². The maximum absolute atomic E-state index is 12.0. The molecule has 0 radical (unpaired) electrons. The largest absolute Gasteiger partial charge is 0.348 e. The van der Waals surface area contributed by atoms with E-state index in [1.54, 1.807) is 11.3 Å². The van der Waals surface area contributed by atoms with E-state index in [-0.39, 0.29) is 17.5 Å². The van der Waals surface area contributed by atoms with Crippen molar-refractivity contribution >= 4 is 17.2 Å². The van der Waals surface area contributed by atoms with Gasteiger partial charge in [-0.1, -0.05) is 19.4 Å². The summed E-state index contributed by atoms with van der Waals surface area (Å²) < 4.78 is 0. The Bertz CT molecular complexity index is 385. The van der Waals surface area contributed by atoms with Crippen LogP contribution in [0.2, 0.25) is 0 Å². The molecule has 1 amide bonds. The molecule has 0 aromatic carbocycles. The van der Waals surface area contributed by atoms with Gasteiger partial charge in [0.1, 0.15) is 0 Å². The van der Waals surface area contributed by atoms with Crippen LogP contribution in [0.4, 0.5) is 0 Å². The predicted octanol–water partition coefficient (Wildman–Crippen LogP) is 2.98. The first-order valence-corrected chi connectivity index (χ1v) is 7.62. The second kappa shape index (κ2) is 5.85. The lowest BCUT2D eigenvalue weighted by Gasteiger charge is -2.37. The molecule has 1 saturated carbocycles. The fraction of sp³-hybridized carbons (Fsp3) is 0.643. The fourth-order valence-corrected chi connectivity index (χ4v) is 3.25. The minimum Gasteiger partial charge on any atom is -0.348 e. The van der Waals surface area contributed by atoms with Crippen LogP contribution in [-0.2, 0) is 4.79 Å². The molecule has 1 atom stereocenters. The number of nitrogens with two attached hydrogens (primary N) is 1. The SMILES string of the molecule is CCCC(NC(=O)CC1(N)CCC1)c1cccs1. The van der Waals surface area contributed by atoms with Gasteiger partial charge < -0.3 is 11.1 Å². The first-order valence-electron chi connectivity index (χ1n) is 6.74. The summed E-state index contributed by atoms with van der Waals surface area (Å²) in [7, 11) is 0. The summed E-state index contributed by atoms with van der Waals surface area (Å²) in [6.45, 7) is 2.14. The Hall–Kier alpha value is -0.870. The number of carbonyl (C=O) groups is 1. The summed E-state index contributed by atoms with van der Waals surface area (Å²) in [4.78, 5) is 13.3. The molecule has 18 heavy (non-hydrogen) atoms. The Balaban J connectivity index is 1.90. The standard InChI is InChI=1S/C14H22N2OS/c1-2-5-11(12-6-3-9-18-12)16-13(17)10-14(15)7-4-8-14/h3,6,9,11H,2,4-5,7-8,10,15H2,1H3,(H,16,17). The van der Waals surface area contributed by atoms with Crippen molar-refractivity contribution in [1.82, 2.24) is 5.32 Å². The van der Waals surface area contributed by atoms with E-state index in [4.69, 9.17) is 5.73 Å². The molecule has 1 aliphatic rings. The fourth-order valence-electron chi connectivity index (χ4n) is 2.44. The first kappa shape index (κ1) is 13.6. The average molecular weight is 266 g/mol. The lowest BCUT2D eigenvalue weighted by Crippen LogP contribution is -2.50. The molecule has 1 aromatic rings. The molecule has 0 saturated heterocycles. The van der Waals surface area contributed by atoms with Crippen LogP contribution in [0.25, 0.3) is 0 Å². The van der Waals surface area contributed by atoms with Crippen molar-refractivity contribution in [2.24, 2.45) is 5.73 Å². The molecule has 0 aliphatic heterocycles. The third-order valence-electron chi connectivity index (χ3n) is 3.66. The van der Waals surface area contributed by atoms with Crippen molar-refractivity contribution in [3.05, 3.63) is 22.4 Å². The zero-order valence-corrected chi connectivity index (χ0v) is 11.8. The highest BCUT2D eigenvalue weighted by Crippen LogP contribution is 2.32. The van der Waals surface area contributed by atoms with Crippen LogP contribution in [0.3, 0.4) is 0 Å². The number of carbonyl (C=O) groups excluding carboxylic acids is 1. The van der Waals surface area contributed by atoms with Crippen LogP contribution >= 0.6 is 11.3 Å². The zero-order chi connectivity index (χ0) is 13.0. The average Bonchev–Trinajstić information content (AvgIpc) is 2.79. The molecule has 1 aliphatic carbocycles. The number of nitrogens with one attached hydrogen (secondary N) is 1. The van der Waals surface area contributed by atoms with Crippen LogP contribution in [0.5, 0.6) is 0 Å². The number of rotatable bonds is 6. The lowest BCUT2D eigenvalue weighted by atomic mass is 9.75. The first-order chi connectivity index (χ1) is 8.63. The summed E-state index contributed by atoms with van der Waals surface area (Å²) in [5.74, 6) is 0.101. The van der Waals surface area contributed by atoms with E-state index in [1.807, 2.05) is 6.07 Å². The monoisotopic (exact) mass is 266 g/mol. The van der Waals surface area contributed by atoms with Crippen molar-refractivity contribution in [2.75, 3.05) is 0 Å². The van der Waals surface area contributed by atoms with Crippen molar-refractivity contribution in [3.8, 4) is 0 Å². The van der Waals surface area contributed by atoms with Gasteiger partial charge in [-0.3, -0.25) is 4.79 Å². The van der Waals surface area contributed by atoms with Crippen LogP contribution in [0.1, 0.15) is 56.4 Å². The van der Waals surface area contributed by atoms with E-state index in [0.717, 1.165) is 32.1 Å². The van der Waals surface area contributed by atoms with E-state index < -0.39 is 0 Å². The highest BCUT2D eigenvalue weighted by Gasteiger charge is 2.35. The molecular weight excluding hydrogens is 244 g/mol. The topological polar surface area (TPSA) is 55.1 Å². The van der Waals surface area contributed by atoms with E-state index in [0.29, 0.717) is 6.42 Å². The Morgan fingerprint density at radius 3 is 2.89 bits per heavy atom. The number of thiophene rings is 1. The van der Waals surface area contributed by atoms with Crippen LogP contribution in [0, 0.1) is 0 Å². The molecule has 3 nitrogen and oxygen atoms in total. The van der Waals surface area contributed by atoms with Crippen molar-refractivity contribution < 1.29 is 4.79 Å². The third-order valence-corrected chi connectivity index (χ3v) is 4.65.